The summed E-state index contributed by atoms with van der Waals surface area (Å²) in [6, 6.07) is 6.03. The molecule has 0 aliphatic carbocycles. The largest absolute Gasteiger partial charge is 0.329 e. The number of aromatic nitrogens is 6. The molecule has 3 aromatic rings. The van der Waals surface area contributed by atoms with Gasteiger partial charge in [0, 0.05) is 25.5 Å². The molecule has 0 aliphatic rings. The maximum atomic E-state index is 12.1. The minimum absolute atomic E-state index is 0.0546. The molecule has 0 saturated heterocycles. The van der Waals surface area contributed by atoms with Gasteiger partial charge in [0.15, 0.2) is 0 Å². The van der Waals surface area contributed by atoms with Gasteiger partial charge in [-0.05, 0) is 24.3 Å². The van der Waals surface area contributed by atoms with Crippen molar-refractivity contribution in [3.8, 4) is 23.0 Å². The number of hydrogen-bond donors (Lipinski definition) is 4. The molecule has 14 nitrogen and oxygen atoms in total. The average Bonchev–Trinajstić information content (AvgIpc) is 2.74. The zero-order valence-electron chi connectivity index (χ0n) is 16.6. The molecular formula is C16H20N10O4S2. The summed E-state index contributed by atoms with van der Waals surface area (Å²) in [7, 11) is -7.38. The lowest BCUT2D eigenvalue weighted by atomic mass is 10.3. The van der Waals surface area contributed by atoms with Crippen molar-refractivity contribution in [3.05, 3.63) is 36.7 Å². The lowest BCUT2D eigenvalue weighted by Crippen LogP contribution is -2.23. The smallest absolute Gasteiger partial charge is 0.234 e. The molecule has 3 rings (SSSR count). The van der Waals surface area contributed by atoms with E-state index in [0.717, 1.165) is 0 Å². The Balaban J connectivity index is 1.93. The molecule has 6 N–H and O–H groups in total. The molecule has 0 aliphatic heterocycles. The van der Waals surface area contributed by atoms with Gasteiger partial charge >= 0.3 is 0 Å². The molecule has 0 amide bonds. The van der Waals surface area contributed by atoms with Crippen LogP contribution in [0.1, 0.15) is 0 Å². The maximum absolute atomic E-state index is 12.1. The predicted molar refractivity (Wildman–Crippen MR) is 117 cm³/mol. The van der Waals surface area contributed by atoms with E-state index >= 15 is 0 Å². The van der Waals surface area contributed by atoms with Crippen LogP contribution >= 0.6 is 0 Å². The van der Waals surface area contributed by atoms with Crippen LogP contribution in [0, 0.1) is 0 Å². The van der Waals surface area contributed by atoms with Crippen LogP contribution in [-0.2, 0) is 20.0 Å². The molecule has 0 atom stereocenters. The summed E-state index contributed by atoms with van der Waals surface area (Å²) in [6.07, 6.45) is 2.85. The summed E-state index contributed by atoms with van der Waals surface area (Å²) in [4.78, 5) is 8.20. The number of nitrogens with zero attached hydrogens (tertiary/aromatic N) is 6. The summed E-state index contributed by atoms with van der Waals surface area (Å²) in [5.74, 6) is -0.665. The quantitative estimate of drug-likeness (QED) is 0.268. The number of hydrogen-bond acceptors (Lipinski definition) is 12. The Kier molecular flexibility index (Phi) is 7.18. The van der Waals surface area contributed by atoms with E-state index in [2.05, 4.69) is 39.8 Å². The van der Waals surface area contributed by atoms with E-state index in [1.807, 2.05) is 0 Å². The summed E-state index contributed by atoms with van der Waals surface area (Å²) >= 11 is 0. The van der Waals surface area contributed by atoms with Crippen LogP contribution in [0.4, 0.5) is 11.4 Å². The fourth-order valence-electron chi connectivity index (χ4n) is 2.50. The predicted octanol–water partition coefficient (Wildman–Crippen LogP) is -1.21. The second kappa shape index (κ2) is 9.86. The van der Waals surface area contributed by atoms with Crippen molar-refractivity contribution in [2.45, 2.75) is 0 Å². The van der Waals surface area contributed by atoms with Gasteiger partial charge < -0.3 is 11.5 Å². The van der Waals surface area contributed by atoms with Gasteiger partial charge in [0.25, 0.3) is 0 Å². The highest BCUT2D eigenvalue weighted by molar-refractivity contribution is 7.93. The molecule has 16 heteroatoms. The highest BCUT2D eigenvalue weighted by Gasteiger charge is 2.19. The highest BCUT2D eigenvalue weighted by Crippen LogP contribution is 2.25. The molecule has 0 saturated carbocycles. The molecule has 0 unspecified atom stereocenters. The molecule has 0 spiro atoms. The minimum Gasteiger partial charge on any atom is -0.329 e. The van der Waals surface area contributed by atoms with Crippen molar-refractivity contribution < 1.29 is 16.8 Å². The number of rotatable bonds is 10. The van der Waals surface area contributed by atoms with E-state index in [1.165, 1.54) is 36.7 Å². The van der Waals surface area contributed by atoms with Crippen LogP contribution in [0.25, 0.3) is 23.0 Å². The fraction of sp³-hybridized carbons (Fsp3) is 0.250. The van der Waals surface area contributed by atoms with Gasteiger partial charge in [0.2, 0.25) is 31.7 Å². The van der Waals surface area contributed by atoms with Crippen LogP contribution in [0.2, 0.25) is 0 Å². The van der Waals surface area contributed by atoms with Crippen molar-refractivity contribution in [1.29, 1.82) is 0 Å². The maximum Gasteiger partial charge on any atom is 0.234 e. The standard InChI is InChI=1S/C16H20N10O4S2/c17-5-9-31(27,28)25-11-3-1-7-19-13(11)15-21-23-16(24-22-15)14-12(4-2-8-20-14)26-32(29,30)10-6-18/h1-4,7-8,25-26H,5-6,9-10,17-18H2. The summed E-state index contributed by atoms with van der Waals surface area (Å²) in [5.41, 5.74) is 11.1. The zero-order chi connectivity index (χ0) is 23.2. The van der Waals surface area contributed by atoms with E-state index in [9.17, 15) is 16.8 Å². The minimum atomic E-state index is -3.69. The monoisotopic (exact) mass is 480 g/mol. The third-order valence-electron chi connectivity index (χ3n) is 3.82. The van der Waals surface area contributed by atoms with Crippen LogP contribution in [0.5, 0.6) is 0 Å². The first kappa shape index (κ1) is 23.3. The number of anilines is 2. The topological polar surface area (TPSA) is 222 Å². The van der Waals surface area contributed by atoms with Crippen molar-refractivity contribution >= 4 is 31.4 Å². The zero-order valence-corrected chi connectivity index (χ0v) is 18.2. The van der Waals surface area contributed by atoms with Gasteiger partial charge in [-0.3, -0.25) is 19.4 Å². The van der Waals surface area contributed by atoms with E-state index in [1.54, 1.807) is 0 Å². The molecule has 3 aromatic heterocycles. The van der Waals surface area contributed by atoms with Gasteiger partial charge in [-0.25, -0.2) is 16.8 Å². The lowest BCUT2D eigenvalue weighted by molar-refractivity contribution is 0.599. The van der Waals surface area contributed by atoms with E-state index in [-0.39, 0.29) is 59.0 Å². The molecule has 0 aromatic carbocycles. The van der Waals surface area contributed by atoms with Crippen LogP contribution in [0.3, 0.4) is 0 Å². The molecule has 0 fully saturated rings. The molecule has 32 heavy (non-hydrogen) atoms. The Bertz CT molecular complexity index is 1180. The first-order valence-electron chi connectivity index (χ1n) is 9.14. The normalized spacial score (nSPS) is 11.8. The van der Waals surface area contributed by atoms with Crippen molar-refractivity contribution in [3.63, 3.8) is 0 Å². The number of nitrogens with two attached hydrogens (primary N) is 2. The Labute approximate surface area is 184 Å². The third kappa shape index (κ3) is 5.88. The Morgan fingerprint density at radius 3 is 1.41 bits per heavy atom. The second-order valence-electron chi connectivity index (χ2n) is 6.27. The summed E-state index contributed by atoms with van der Waals surface area (Å²) in [5, 5.41) is 15.8. The molecule has 0 radical (unpaired) electrons. The number of sulfonamides is 2. The van der Waals surface area contributed by atoms with Gasteiger partial charge in [-0.1, -0.05) is 0 Å². The van der Waals surface area contributed by atoms with Crippen molar-refractivity contribution in [2.24, 2.45) is 11.5 Å². The fourth-order valence-corrected chi connectivity index (χ4v) is 4.32. The highest BCUT2D eigenvalue weighted by atomic mass is 32.2. The Morgan fingerprint density at radius 2 is 1.06 bits per heavy atom. The second-order valence-corrected chi connectivity index (χ2v) is 9.95. The first-order valence-corrected chi connectivity index (χ1v) is 12.4. The number of nitrogens with one attached hydrogen (secondary N) is 2. The number of pyridine rings is 2. The lowest BCUT2D eigenvalue weighted by Gasteiger charge is -2.11. The van der Waals surface area contributed by atoms with Gasteiger partial charge in [0.05, 0.1) is 22.9 Å². The average molecular weight is 481 g/mol. The Morgan fingerprint density at radius 1 is 0.688 bits per heavy atom. The SMILES string of the molecule is NCCS(=O)(=O)Nc1cccnc1-c1nnc(-c2ncccc2NS(=O)(=O)CCN)nn1. The third-order valence-corrected chi connectivity index (χ3v) is 6.43. The van der Waals surface area contributed by atoms with Crippen LogP contribution in [-0.4, -0.2) is 71.8 Å². The van der Waals surface area contributed by atoms with Crippen LogP contribution in [0.15, 0.2) is 36.7 Å². The van der Waals surface area contributed by atoms with Gasteiger partial charge in [-0.2, -0.15) is 0 Å². The Hall–Kier alpha value is -3.34. The summed E-state index contributed by atoms with van der Waals surface area (Å²) in [6.45, 7) is -0.110. The van der Waals surface area contributed by atoms with Crippen LogP contribution < -0.4 is 20.9 Å². The van der Waals surface area contributed by atoms with Crippen molar-refractivity contribution in [2.75, 3.05) is 34.0 Å². The molecule has 0 bridgehead atoms. The molecule has 170 valence electrons. The molecular weight excluding hydrogens is 460 g/mol. The van der Waals surface area contributed by atoms with Gasteiger partial charge in [0.1, 0.15) is 11.4 Å². The van der Waals surface area contributed by atoms with Gasteiger partial charge in [-0.15, -0.1) is 20.4 Å². The van der Waals surface area contributed by atoms with E-state index in [4.69, 9.17) is 11.5 Å². The molecule has 3 heterocycles. The van der Waals surface area contributed by atoms with Crippen molar-refractivity contribution in [1.82, 2.24) is 30.4 Å². The summed E-state index contributed by atoms with van der Waals surface area (Å²) < 4.78 is 53.0. The van der Waals surface area contributed by atoms with E-state index in [0.29, 0.717) is 0 Å². The van der Waals surface area contributed by atoms with E-state index < -0.39 is 20.0 Å². The first-order chi connectivity index (χ1) is 15.2.